The van der Waals surface area contributed by atoms with Gasteiger partial charge in [-0.05, 0) is 0 Å². The monoisotopic (exact) mass is 164 g/mol. The van der Waals surface area contributed by atoms with Crippen LogP contribution < -0.4 is 0 Å². The average molecular weight is 164 g/mol. The lowest BCUT2D eigenvalue weighted by atomic mass is 10.1. The van der Waals surface area contributed by atoms with Crippen LogP contribution in [-0.2, 0) is 11.2 Å². The Balaban J connectivity index is 2.59. The molecule has 0 saturated carbocycles. The summed E-state index contributed by atoms with van der Waals surface area (Å²) in [7, 11) is 0. The summed E-state index contributed by atoms with van der Waals surface area (Å²) in [6.45, 7) is 3.78. The molecule has 0 aromatic carbocycles. The number of Topliss-reactive ketones (excluding diaryl/α,β-unsaturated/α-hetero) is 1. The zero-order valence-electron chi connectivity index (χ0n) is 7.32. The van der Waals surface area contributed by atoms with Gasteiger partial charge >= 0.3 is 0 Å². The summed E-state index contributed by atoms with van der Waals surface area (Å²) in [6, 6.07) is 0. The third-order valence-corrected chi connectivity index (χ3v) is 1.62. The van der Waals surface area contributed by atoms with Crippen LogP contribution in [0.15, 0.2) is 18.6 Å². The topological polar surface area (TPSA) is 42.9 Å². The molecule has 0 amide bonds. The molecule has 1 rings (SSSR count). The predicted octanol–water partition coefficient (Wildman–Crippen LogP) is 1.24. The lowest BCUT2D eigenvalue weighted by molar-refractivity contribution is -0.121. The van der Waals surface area contributed by atoms with Crippen molar-refractivity contribution in [3.63, 3.8) is 0 Å². The summed E-state index contributed by atoms with van der Waals surface area (Å²) in [6.07, 6.45) is 5.22. The summed E-state index contributed by atoms with van der Waals surface area (Å²) in [4.78, 5) is 19.1. The highest BCUT2D eigenvalue weighted by molar-refractivity contribution is 5.82. The second-order valence-corrected chi connectivity index (χ2v) is 2.99. The summed E-state index contributed by atoms with van der Waals surface area (Å²) in [5.41, 5.74) is 0.746. The first-order chi connectivity index (χ1) is 5.70. The molecule has 0 spiro atoms. The van der Waals surface area contributed by atoms with E-state index in [2.05, 4.69) is 9.97 Å². The Bertz CT molecular complexity index is 256. The van der Waals surface area contributed by atoms with Crippen molar-refractivity contribution in [1.82, 2.24) is 9.97 Å². The number of ketones is 1. The Hall–Kier alpha value is -1.25. The van der Waals surface area contributed by atoms with Crippen LogP contribution in [0, 0.1) is 5.92 Å². The fourth-order valence-electron chi connectivity index (χ4n) is 0.804. The smallest absolute Gasteiger partial charge is 0.141 e. The number of aromatic nitrogens is 2. The highest BCUT2D eigenvalue weighted by Gasteiger charge is 2.08. The van der Waals surface area contributed by atoms with E-state index < -0.39 is 0 Å². The van der Waals surface area contributed by atoms with Crippen LogP contribution in [-0.4, -0.2) is 15.8 Å². The molecule has 0 unspecified atom stereocenters. The maximum Gasteiger partial charge on any atom is 0.141 e. The number of rotatable bonds is 3. The van der Waals surface area contributed by atoms with E-state index in [1.807, 2.05) is 13.8 Å². The Kier molecular flexibility index (Phi) is 2.91. The van der Waals surface area contributed by atoms with E-state index in [-0.39, 0.29) is 11.7 Å². The first-order valence-corrected chi connectivity index (χ1v) is 3.97. The highest BCUT2D eigenvalue weighted by atomic mass is 16.1. The van der Waals surface area contributed by atoms with Gasteiger partial charge in [0.15, 0.2) is 0 Å². The molecular weight excluding hydrogens is 152 g/mol. The minimum Gasteiger partial charge on any atom is -0.299 e. The quantitative estimate of drug-likeness (QED) is 0.675. The second kappa shape index (κ2) is 3.95. The maximum atomic E-state index is 11.2. The van der Waals surface area contributed by atoms with Crippen LogP contribution in [0.25, 0.3) is 0 Å². The van der Waals surface area contributed by atoms with Crippen LogP contribution in [0.1, 0.15) is 19.5 Å². The van der Waals surface area contributed by atoms with Gasteiger partial charge in [0.2, 0.25) is 0 Å². The molecule has 0 fully saturated rings. The summed E-state index contributed by atoms with van der Waals surface area (Å²) < 4.78 is 0. The number of hydrogen-bond acceptors (Lipinski definition) is 3. The SMILES string of the molecule is CC(C)C(=O)Cc1cnccn1. The van der Waals surface area contributed by atoms with Crippen molar-refractivity contribution in [3.8, 4) is 0 Å². The molecule has 0 aliphatic heterocycles. The highest BCUT2D eigenvalue weighted by Crippen LogP contribution is 2.00. The number of hydrogen-bond donors (Lipinski definition) is 0. The van der Waals surface area contributed by atoms with Crippen molar-refractivity contribution >= 4 is 5.78 Å². The van der Waals surface area contributed by atoms with Crippen molar-refractivity contribution < 1.29 is 4.79 Å². The Labute approximate surface area is 71.9 Å². The second-order valence-electron chi connectivity index (χ2n) is 2.99. The molecule has 3 nitrogen and oxygen atoms in total. The van der Waals surface area contributed by atoms with Crippen molar-refractivity contribution in [2.24, 2.45) is 5.92 Å². The molecule has 0 bridgehead atoms. The molecule has 0 N–H and O–H groups in total. The Morgan fingerprint density at radius 3 is 2.75 bits per heavy atom. The van der Waals surface area contributed by atoms with E-state index in [4.69, 9.17) is 0 Å². The average Bonchev–Trinajstić information content (AvgIpc) is 2.06. The van der Waals surface area contributed by atoms with Crippen molar-refractivity contribution in [3.05, 3.63) is 24.3 Å². The van der Waals surface area contributed by atoms with Crippen molar-refractivity contribution in [2.45, 2.75) is 20.3 Å². The molecular formula is C9H12N2O. The van der Waals surface area contributed by atoms with Gasteiger partial charge in [-0.15, -0.1) is 0 Å². The molecule has 0 atom stereocenters. The van der Waals surface area contributed by atoms with Gasteiger partial charge in [0.05, 0.1) is 12.1 Å². The van der Waals surface area contributed by atoms with Gasteiger partial charge in [-0.25, -0.2) is 0 Å². The van der Waals surface area contributed by atoms with E-state index in [0.717, 1.165) is 5.69 Å². The van der Waals surface area contributed by atoms with Gasteiger partial charge in [0.25, 0.3) is 0 Å². The minimum atomic E-state index is 0.0759. The molecule has 0 radical (unpaired) electrons. The number of carbonyl (C=O) groups is 1. The number of carbonyl (C=O) groups excluding carboxylic acids is 1. The molecule has 12 heavy (non-hydrogen) atoms. The van der Waals surface area contributed by atoms with Crippen molar-refractivity contribution in [2.75, 3.05) is 0 Å². The van der Waals surface area contributed by atoms with E-state index >= 15 is 0 Å². The molecule has 0 saturated heterocycles. The summed E-state index contributed by atoms with van der Waals surface area (Å²) in [5, 5.41) is 0. The van der Waals surface area contributed by atoms with Crippen LogP contribution in [0.2, 0.25) is 0 Å². The lowest BCUT2D eigenvalue weighted by Crippen LogP contribution is -2.11. The van der Waals surface area contributed by atoms with E-state index in [1.165, 1.54) is 0 Å². The summed E-state index contributed by atoms with van der Waals surface area (Å²) in [5.74, 6) is 0.280. The first-order valence-electron chi connectivity index (χ1n) is 3.97. The third-order valence-electron chi connectivity index (χ3n) is 1.62. The van der Waals surface area contributed by atoms with Gasteiger partial charge < -0.3 is 0 Å². The first kappa shape index (κ1) is 8.84. The zero-order chi connectivity index (χ0) is 8.97. The van der Waals surface area contributed by atoms with Crippen LogP contribution >= 0.6 is 0 Å². The molecule has 64 valence electrons. The zero-order valence-corrected chi connectivity index (χ0v) is 7.32. The van der Waals surface area contributed by atoms with Gasteiger partial charge in [-0.3, -0.25) is 14.8 Å². The third kappa shape index (κ3) is 2.42. The molecule has 1 heterocycles. The fourth-order valence-corrected chi connectivity index (χ4v) is 0.804. The van der Waals surface area contributed by atoms with Crippen LogP contribution in [0.4, 0.5) is 0 Å². The van der Waals surface area contributed by atoms with Crippen molar-refractivity contribution in [1.29, 1.82) is 0 Å². The van der Waals surface area contributed by atoms with Crippen LogP contribution in [0.5, 0.6) is 0 Å². The van der Waals surface area contributed by atoms with Gasteiger partial charge in [0.1, 0.15) is 5.78 Å². The Morgan fingerprint density at radius 1 is 1.50 bits per heavy atom. The van der Waals surface area contributed by atoms with E-state index in [0.29, 0.717) is 6.42 Å². The largest absolute Gasteiger partial charge is 0.299 e. The molecule has 0 aliphatic rings. The summed E-state index contributed by atoms with van der Waals surface area (Å²) >= 11 is 0. The molecule has 3 heteroatoms. The van der Waals surface area contributed by atoms with Crippen LogP contribution in [0.3, 0.4) is 0 Å². The van der Waals surface area contributed by atoms with E-state index in [9.17, 15) is 4.79 Å². The molecule has 1 aromatic rings. The molecule has 0 aliphatic carbocycles. The predicted molar refractivity (Wildman–Crippen MR) is 45.6 cm³/mol. The number of nitrogens with zero attached hydrogens (tertiary/aromatic N) is 2. The van der Waals surface area contributed by atoms with E-state index in [1.54, 1.807) is 18.6 Å². The normalized spacial score (nSPS) is 10.2. The fraction of sp³-hybridized carbons (Fsp3) is 0.444. The maximum absolute atomic E-state index is 11.2. The minimum absolute atomic E-state index is 0.0759. The standard InChI is InChI=1S/C9H12N2O/c1-7(2)9(12)5-8-6-10-3-4-11-8/h3-4,6-7H,5H2,1-2H3. The van der Waals surface area contributed by atoms with Gasteiger partial charge in [-0.1, -0.05) is 13.8 Å². The molecule has 1 aromatic heterocycles. The lowest BCUT2D eigenvalue weighted by Gasteiger charge is -2.01. The van der Waals surface area contributed by atoms with Gasteiger partial charge in [0, 0.05) is 24.5 Å². The Morgan fingerprint density at radius 2 is 2.25 bits per heavy atom. The van der Waals surface area contributed by atoms with Gasteiger partial charge in [-0.2, -0.15) is 0 Å².